The van der Waals surface area contributed by atoms with E-state index in [1.165, 1.54) is 5.69 Å². The lowest BCUT2D eigenvalue weighted by Crippen LogP contribution is -2.36. The third-order valence-corrected chi connectivity index (χ3v) is 7.42. The van der Waals surface area contributed by atoms with E-state index in [9.17, 15) is 9.59 Å². The Morgan fingerprint density at radius 1 is 1.12 bits per heavy atom. The second kappa shape index (κ2) is 9.32. The number of hydrogen-bond acceptors (Lipinski definition) is 5. The number of nitrogens with zero attached hydrogens (tertiary/aromatic N) is 3. The molecular formula is C24H29ClN4O3. The van der Waals surface area contributed by atoms with Crippen LogP contribution >= 0.6 is 11.6 Å². The Bertz CT molecular complexity index is 1020. The van der Waals surface area contributed by atoms with Gasteiger partial charge in [-0.3, -0.25) is 14.3 Å². The molecule has 0 unspecified atom stereocenters. The van der Waals surface area contributed by atoms with Crippen molar-refractivity contribution in [1.82, 2.24) is 14.8 Å². The van der Waals surface area contributed by atoms with Gasteiger partial charge in [0.1, 0.15) is 11.6 Å². The van der Waals surface area contributed by atoms with Crippen LogP contribution in [0.1, 0.15) is 50.6 Å². The minimum Gasteiger partial charge on any atom is -0.380 e. The number of aryl methyl sites for hydroxylation is 1. The van der Waals surface area contributed by atoms with E-state index in [-0.39, 0.29) is 29.4 Å². The summed E-state index contributed by atoms with van der Waals surface area (Å²) in [6.07, 6.45) is 10.9. The van der Waals surface area contributed by atoms with Crippen molar-refractivity contribution in [1.29, 1.82) is 0 Å². The molecule has 1 aliphatic carbocycles. The molecule has 0 aromatic carbocycles. The number of nitrogens with one attached hydrogen (secondary N) is 1. The molecule has 1 saturated carbocycles. The van der Waals surface area contributed by atoms with E-state index in [1.54, 1.807) is 6.20 Å². The number of carbonyl (C=O) groups excluding carboxylic acids is 2. The largest absolute Gasteiger partial charge is 0.380 e. The Labute approximate surface area is 192 Å². The van der Waals surface area contributed by atoms with Crippen LogP contribution in [0.4, 0.5) is 5.82 Å². The lowest BCUT2D eigenvalue weighted by molar-refractivity contribution is -0.138. The van der Waals surface area contributed by atoms with Crippen molar-refractivity contribution in [3.63, 3.8) is 0 Å². The van der Waals surface area contributed by atoms with Gasteiger partial charge in [0.25, 0.3) is 0 Å². The first-order chi connectivity index (χ1) is 15.6. The second-order valence-electron chi connectivity index (χ2n) is 9.36. The van der Waals surface area contributed by atoms with Crippen molar-refractivity contribution in [2.45, 2.75) is 57.9 Å². The number of carbonyl (C=O) groups is 2. The Kier molecular flexibility index (Phi) is 6.28. The number of rotatable bonds is 6. The van der Waals surface area contributed by atoms with Crippen molar-refractivity contribution in [2.75, 3.05) is 18.5 Å². The van der Waals surface area contributed by atoms with E-state index in [0.29, 0.717) is 30.5 Å². The van der Waals surface area contributed by atoms with Crippen molar-refractivity contribution in [3.05, 3.63) is 29.2 Å². The van der Waals surface area contributed by atoms with Crippen LogP contribution in [0.15, 0.2) is 18.5 Å². The lowest BCUT2D eigenvalue weighted by atomic mass is 9.77. The summed E-state index contributed by atoms with van der Waals surface area (Å²) in [7, 11) is 0. The third-order valence-electron chi connectivity index (χ3n) is 7.12. The molecule has 2 fully saturated rings. The van der Waals surface area contributed by atoms with Gasteiger partial charge in [0, 0.05) is 41.9 Å². The molecular weight excluding hydrogens is 428 g/mol. The maximum atomic E-state index is 13.0. The summed E-state index contributed by atoms with van der Waals surface area (Å²) in [5.74, 6) is 1.03. The number of ether oxygens (including phenoxy) is 1. The lowest BCUT2D eigenvalue weighted by Gasteiger charge is -2.30. The first-order valence-corrected chi connectivity index (χ1v) is 12.1. The van der Waals surface area contributed by atoms with Gasteiger partial charge >= 0.3 is 0 Å². The molecule has 2 aliphatic heterocycles. The Morgan fingerprint density at radius 3 is 2.81 bits per heavy atom. The summed E-state index contributed by atoms with van der Waals surface area (Å²) in [6.45, 7) is 2.04. The first-order valence-electron chi connectivity index (χ1n) is 11.7. The van der Waals surface area contributed by atoms with Crippen LogP contribution in [-0.4, -0.2) is 39.7 Å². The normalized spacial score (nSPS) is 23.3. The highest BCUT2D eigenvalue weighted by Gasteiger charge is 2.32. The van der Waals surface area contributed by atoms with Gasteiger partial charge in [-0.2, -0.15) is 5.10 Å². The average Bonchev–Trinajstić information content (AvgIpc) is 3.18. The summed E-state index contributed by atoms with van der Waals surface area (Å²) >= 11 is 6.47. The zero-order chi connectivity index (χ0) is 22.1. The molecule has 0 bridgehead atoms. The fourth-order valence-corrected chi connectivity index (χ4v) is 5.38. The molecule has 32 heavy (non-hydrogen) atoms. The third kappa shape index (κ3) is 4.46. The molecule has 1 amide bonds. The van der Waals surface area contributed by atoms with Crippen molar-refractivity contribution >= 4 is 29.1 Å². The summed E-state index contributed by atoms with van der Waals surface area (Å²) in [4.78, 5) is 29.7. The molecule has 2 aromatic heterocycles. The van der Waals surface area contributed by atoms with Crippen molar-refractivity contribution in [3.8, 4) is 11.1 Å². The topological polar surface area (TPSA) is 86.1 Å². The maximum Gasteiger partial charge on any atom is 0.228 e. The van der Waals surface area contributed by atoms with E-state index in [0.717, 1.165) is 62.6 Å². The number of pyridine rings is 1. The van der Waals surface area contributed by atoms with Gasteiger partial charge in [-0.15, -0.1) is 0 Å². The number of ketones is 1. The summed E-state index contributed by atoms with van der Waals surface area (Å²) in [5, 5.41) is 8.06. The number of hydrogen-bond donors (Lipinski definition) is 1. The number of Topliss-reactive ketones (excluding diaryl/α,β-unsaturated/α-hetero) is 1. The number of aromatic nitrogens is 3. The molecule has 4 heterocycles. The van der Waals surface area contributed by atoms with Crippen LogP contribution in [0, 0.1) is 17.8 Å². The highest BCUT2D eigenvalue weighted by atomic mass is 35.5. The molecule has 8 heteroatoms. The quantitative estimate of drug-likeness (QED) is 0.700. The van der Waals surface area contributed by atoms with Gasteiger partial charge in [0.05, 0.1) is 30.4 Å². The number of anilines is 1. The minimum atomic E-state index is -0.0935. The Hall–Kier alpha value is -2.25. The monoisotopic (exact) mass is 456 g/mol. The predicted octanol–water partition coefficient (Wildman–Crippen LogP) is 4.29. The van der Waals surface area contributed by atoms with Crippen LogP contribution < -0.4 is 5.32 Å². The molecule has 7 nitrogen and oxygen atoms in total. The van der Waals surface area contributed by atoms with Gasteiger partial charge in [0.2, 0.25) is 5.91 Å². The molecule has 2 aromatic rings. The molecule has 3 aliphatic rings. The van der Waals surface area contributed by atoms with Crippen molar-refractivity contribution < 1.29 is 14.3 Å². The van der Waals surface area contributed by atoms with Gasteiger partial charge in [0.15, 0.2) is 0 Å². The van der Waals surface area contributed by atoms with E-state index in [4.69, 9.17) is 16.3 Å². The van der Waals surface area contributed by atoms with Crippen LogP contribution in [0.5, 0.6) is 0 Å². The van der Waals surface area contributed by atoms with Crippen molar-refractivity contribution in [2.24, 2.45) is 17.8 Å². The fraction of sp³-hybridized carbons (Fsp3) is 0.583. The van der Waals surface area contributed by atoms with Gasteiger partial charge in [-0.05, 0) is 50.5 Å². The Morgan fingerprint density at radius 2 is 2.00 bits per heavy atom. The molecule has 2 atom stereocenters. The highest BCUT2D eigenvalue weighted by Crippen LogP contribution is 2.35. The summed E-state index contributed by atoms with van der Waals surface area (Å²) in [5.41, 5.74) is 3.07. The standard InChI is InChI=1S/C24H29ClN4O3/c25-20-12-26-23(10-18(20)19-11-27-29-7-2-1-6-21(19)29)28-24(31)16-5-3-4-15(8-16)9-22(30)17-13-32-14-17/h10-12,15-17H,1-9,13-14H2,(H,26,28,31)/t15-,16+/m1/s1. The molecule has 1 saturated heterocycles. The van der Waals surface area contributed by atoms with E-state index < -0.39 is 0 Å². The fourth-order valence-electron chi connectivity index (χ4n) is 5.18. The van der Waals surface area contributed by atoms with E-state index >= 15 is 0 Å². The summed E-state index contributed by atoms with van der Waals surface area (Å²) < 4.78 is 7.19. The number of fused-ring (bicyclic) bond motifs is 1. The molecule has 1 N–H and O–H groups in total. The maximum absolute atomic E-state index is 13.0. The molecule has 0 spiro atoms. The SMILES string of the molecule is O=C(C[C@@H]1CCC[C@H](C(=O)Nc2cc(-c3cnn4c3CCCC4)c(Cl)cn2)C1)C1COC1. The highest BCUT2D eigenvalue weighted by molar-refractivity contribution is 6.33. The zero-order valence-electron chi connectivity index (χ0n) is 18.2. The van der Waals surface area contributed by atoms with Crippen LogP contribution in [0.2, 0.25) is 5.02 Å². The molecule has 0 radical (unpaired) electrons. The van der Waals surface area contributed by atoms with Crippen LogP contribution in [-0.2, 0) is 27.3 Å². The molecule has 170 valence electrons. The van der Waals surface area contributed by atoms with Gasteiger partial charge in [-0.25, -0.2) is 4.98 Å². The van der Waals surface area contributed by atoms with E-state index in [1.807, 2.05) is 16.9 Å². The minimum absolute atomic E-state index is 0.0214. The van der Waals surface area contributed by atoms with Gasteiger partial charge in [-0.1, -0.05) is 18.0 Å². The number of amides is 1. The Balaban J connectivity index is 1.26. The number of halogens is 1. The zero-order valence-corrected chi connectivity index (χ0v) is 18.9. The smallest absolute Gasteiger partial charge is 0.228 e. The first kappa shape index (κ1) is 21.6. The van der Waals surface area contributed by atoms with Gasteiger partial charge < -0.3 is 10.1 Å². The van der Waals surface area contributed by atoms with E-state index in [2.05, 4.69) is 15.4 Å². The summed E-state index contributed by atoms with van der Waals surface area (Å²) in [6, 6.07) is 1.85. The molecule has 5 rings (SSSR count). The average molecular weight is 457 g/mol. The second-order valence-corrected chi connectivity index (χ2v) is 9.77. The van der Waals surface area contributed by atoms with Crippen LogP contribution in [0.25, 0.3) is 11.1 Å². The van der Waals surface area contributed by atoms with Crippen LogP contribution in [0.3, 0.4) is 0 Å². The predicted molar refractivity (Wildman–Crippen MR) is 121 cm³/mol.